The maximum Gasteiger partial charge on any atom is 0.260 e. The molecule has 5 nitrogen and oxygen atoms in total. The van der Waals surface area contributed by atoms with Gasteiger partial charge in [-0.05, 0) is 18.1 Å². The summed E-state index contributed by atoms with van der Waals surface area (Å²) in [4.78, 5) is 3.88. The van der Waals surface area contributed by atoms with E-state index in [-0.39, 0.29) is 11.6 Å². The minimum atomic E-state index is -3.50. The Balaban J connectivity index is 2.27. The maximum absolute atomic E-state index is 12.2. The molecule has 0 aromatic carbocycles. The molecule has 0 aliphatic carbocycles. The van der Waals surface area contributed by atoms with E-state index in [1.807, 2.05) is 12.2 Å². The summed E-state index contributed by atoms with van der Waals surface area (Å²) in [6, 6.07) is 3.00. The molecule has 0 bridgehead atoms. The molecule has 0 radical (unpaired) electrons. The molecule has 0 unspecified atom stereocenters. The van der Waals surface area contributed by atoms with Crippen LogP contribution in [0, 0.1) is 0 Å². The number of hydrogen-bond donors (Lipinski definition) is 1. The number of sulfonamides is 1. The second kappa shape index (κ2) is 4.95. The van der Waals surface area contributed by atoms with Crippen molar-refractivity contribution < 1.29 is 13.5 Å². The van der Waals surface area contributed by atoms with Crippen molar-refractivity contribution >= 4 is 10.0 Å². The number of nitrogens with zero attached hydrogens (tertiary/aromatic N) is 2. The number of aliphatic hydroxyl groups excluding tert-OH is 1. The van der Waals surface area contributed by atoms with Gasteiger partial charge >= 0.3 is 0 Å². The summed E-state index contributed by atoms with van der Waals surface area (Å²) < 4.78 is 25.7. The molecule has 1 aromatic heterocycles. The van der Waals surface area contributed by atoms with Crippen molar-refractivity contribution in [1.82, 2.24) is 9.29 Å². The summed E-state index contributed by atoms with van der Waals surface area (Å²) >= 11 is 0. The third-order valence-electron chi connectivity index (χ3n) is 2.61. The molecule has 92 valence electrons. The van der Waals surface area contributed by atoms with Crippen molar-refractivity contribution in [1.29, 1.82) is 0 Å². The monoisotopic (exact) mass is 254 g/mol. The summed E-state index contributed by atoms with van der Waals surface area (Å²) in [6.07, 6.45) is 5.91. The van der Waals surface area contributed by atoms with E-state index in [4.69, 9.17) is 5.11 Å². The van der Waals surface area contributed by atoms with Gasteiger partial charge in [0, 0.05) is 19.3 Å². The highest BCUT2D eigenvalue weighted by Crippen LogP contribution is 2.16. The van der Waals surface area contributed by atoms with Crippen LogP contribution in [0.3, 0.4) is 0 Å². The fraction of sp³-hybridized carbons (Fsp3) is 0.364. The van der Waals surface area contributed by atoms with Gasteiger partial charge in [-0.15, -0.1) is 0 Å². The standard InChI is InChI=1S/C11H14N2O3S/c14-9-10-4-5-11(12-8-10)17(15,16)13-6-2-1-3-7-13/h1-2,4-5,8,14H,3,6-7,9H2. The van der Waals surface area contributed by atoms with Gasteiger partial charge in [-0.3, -0.25) is 0 Å². The Morgan fingerprint density at radius 2 is 2.18 bits per heavy atom. The van der Waals surface area contributed by atoms with Gasteiger partial charge in [-0.25, -0.2) is 13.4 Å². The highest BCUT2D eigenvalue weighted by molar-refractivity contribution is 7.89. The van der Waals surface area contributed by atoms with Crippen molar-refractivity contribution in [2.24, 2.45) is 0 Å². The maximum atomic E-state index is 12.2. The first kappa shape index (κ1) is 12.2. The summed E-state index contributed by atoms with van der Waals surface area (Å²) in [6.45, 7) is 0.744. The first-order chi connectivity index (χ1) is 8.14. The van der Waals surface area contributed by atoms with Crippen molar-refractivity contribution in [3.8, 4) is 0 Å². The first-order valence-electron chi connectivity index (χ1n) is 5.35. The van der Waals surface area contributed by atoms with Gasteiger partial charge in [0.25, 0.3) is 10.0 Å². The molecule has 0 amide bonds. The van der Waals surface area contributed by atoms with Gasteiger partial charge in [-0.2, -0.15) is 4.31 Å². The van der Waals surface area contributed by atoms with Gasteiger partial charge in [0.15, 0.2) is 5.03 Å². The zero-order valence-electron chi connectivity index (χ0n) is 9.28. The average Bonchev–Trinajstić information content (AvgIpc) is 2.40. The van der Waals surface area contributed by atoms with Gasteiger partial charge in [0.2, 0.25) is 0 Å². The van der Waals surface area contributed by atoms with Crippen molar-refractivity contribution in [2.75, 3.05) is 13.1 Å². The van der Waals surface area contributed by atoms with Crippen LogP contribution in [0.15, 0.2) is 35.5 Å². The fourth-order valence-corrected chi connectivity index (χ4v) is 2.95. The molecule has 1 aromatic rings. The normalized spacial score (nSPS) is 17.2. The third-order valence-corrected chi connectivity index (χ3v) is 4.39. The first-order valence-corrected chi connectivity index (χ1v) is 6.79. The Bertz CT molecular complexity index is 508. The SMILES string of the molecule is O=S(=O)(c1ccc(CO)cn1)N1CC=CCC1. The van der Waals surface area contributed by atoms with Crippen LogP contribution in [0.5, 0.6) is 0 Å². The minimum absolute atomic E-state index is 0.0324. The molecular weight excluding hydrogens is 240 g/mol. The minimum Gasteiger partial charge on any atom is -0.392 e. The lowest BCUT2D eigenvalue weighted by molar-refractivity contribution is 0.281. The van der Waals surface area contributed by atoms with Crippen LogP contribution < -0.4 is 0 Å². The zero-order valence-corrected chi connectivity index (χ0v) is 10.1. The van der Waals surface area contributed by atoms with Crippen molar-refractivity contribution in [2.45, 2.75) is 18.1 Å². The van der Waals surface area contributed by atoms with Crippen LogP contribution >= 0.6 is 0 Å². The summed E-state index contributed by atoms with van der Waals surface area (Å²) in [5, 5.41) is 8.90. The predicted octanol–water partition coefficient (Wildman–Crippen LogP) is 0.525. The Labute approximate surface area is 100 Å². The fourth-order valence-electron chi connectivity index (χ4n) is 1.63. The Morgan fingerprint density at radius 1 is 1.35 bits per heavy atom. The molecule has 0 saturated heterocycles. The molecular formula is C11H14N2O3S. The molecule has 1 aliphatic rings. The molecule has 0 spiro atoms. The van der Waals surface area contributed by atoms with E-state index in [0.717, 1.165) is 6.42 Å². The van der Waals surface area contributed by atoms with Crippen LogP contribution in [-0.4, -0.2) is 35.9 Å². The van der Waals surface area contributed by atoms with Crippen LogP contribution in [0.2, 0.25) is 0 Å². The molecule has 1 N–H and O–H groups in total. The zero-order chi connectivity index (χ0) is 12.3. The van der Waals surface area contributed by atoms with E-state index >= 15 is 0 Å². The van der Waals surface area contributed by atoms with Crippen LogP contribution in [0.4, 0.5) is 0 Å². The highest BCUT2D eigenvalue weighted by Gasteiger charge is 2.25. The smallest absolute Gasteiger partial charge is 0.260 e. The molecule has 0 fully saturated rings. The lowest BCUT2D eigenvalue weighted by Crippen LogP contribution is -2.34. The topological polar surface area (TPSA) is 70.5 Å². The molecule has 17 heavy (non-hydrogen) atoms. The lowest BCUT2D eigenvalue weighted by atomic mass is 10.3. The number of aliphatic hydroxyl groups is 1. The Hall–Kier alpha value is -1.24. The van der Waals surface area contributed by atoms with Crippen molar-refractivity contribution in [3.63, 3.8) is 0 Å². The molecule has 6 heteroatoms. The van der Waals surface area contributed by atoms with Gasteiger partial charge < -0.3 is 5.11 Å². The van der Waals surface area contributed by atoms with E-state index in [1.165, 1.54) is 16.6 Å². The number of aromatic nitrogens is 1. The van der Waals surface area contributed by atoms with E-state index < -0.39 is 10.0 Å². The molecule has 2 rings (SSSR count). The van der Waals surface area contributed by atoms with E-state index in [2.05, 4.69) is 4.98 Å². The predicted molar refractivity (Wildman–Crippen MR) is 62.7 cm³/mol. The Morgan fingerprint density at radius 3 is 2.71 bits per heavy atom. The van der Waals surface area contributed by atoms with Crippen LogP contribution in [0.25, 0.3) is 0 Å². The summed E-state index contributed by atoms with van der Waals surface area (Å²) in [7, 11) is -3.50. The van der Waals surface area contributed by atoms with E-state index in [1.54, 1.807) is 6.07 Å². The quantitative estimate of drug-likeness (QED) is 0.799. The Kier molecular flexibility index (Phi) is 3.56. The second-order valence-corrected chi connectivity index (χ2v) is 5.67. The van der Waals surface area contributed by atoms with Crippen LogP contribution in [-0.2, 0) is 16.6 Å². The van der Waals surface area contributed by atoms with E-state index in [9.17, 15) is 8.42 Å². The largest absolute Gasteiger partial charge is 0.392 e. The second-order valence-electron chi connectivity index (χ2n) is 3.79. The summed E-state index contributed by atoms with van der Waals surface area (Å²) in [5.41, 5.74) is 0.600. The number of hydrogen-bond acceptors (Lipinski definition) is 4. The van der Waals surface area contributed by atoms with Gasteiger partial charge in [0.05, 0.1) is 6.61 Å². The average molecular weight is 254 g/mol. The van der Waals surface area contributed by atoms with Gasteiger partial charge in [0.1, 0.15) is 0 Å². The molecule has 0 atom stereocenters. The van der Waals surface area contributed by atoms with Gasteiger partial charge in [-0.1, -0.05) is 18.2 Å². The third kappa shape index (κ3) is 2.54. The van der Waals surface area contributed by atoms with Crippen molar-refractivity contribution in [3.05, 3.63) is 36.0 Å². The van der Waals surface area contributed by atoms with E-state index in [0.29, 0.717) is 18.7 Å². The highest BCUT2D eigenvalue weighted by atomic mass is 32.2. The van der Waals surface area contributed by atoms with Crippen LogP contribution in [0.1, 0.15) is 12.0 Å². The lowest BCUT2D eigenvalue weighted by Gasteiger charge is -2.22. The molecule has 0 saturated carbocycles. The molecule has 1 aliphatic heterocycles. The number of rotatable bonds is 3. The number of pyridine rings is 1. The summed E-state index contributed by atoms with van der Waals surface area (Å²) in [5.74, 6) is 0. The molecule has 2 heterocycles.